The van der Waals surface area contributed by atoms with Gasteiger partial charge in [0.1, 0.15) is 0 Å². The summed E-state index contributed by atoms with van der Waals surface area (Å²) in [6.45, 7) is 2.01. The van der Waals surface area contributed by atoms with Crippen LogP contribution in [0.5, 0.6) is 0 Å². The molecule has 0 heterocycles. The Morgan fingerprint density at radius 3 is 2.37 bits per heavy atom. The van der Waals surface area contributed by atoms with Crippen molar-refractivity contribution in [2.75, 3.05) is 0 Å². The molecule has 0 amide bonds. The van der Waals surface area contributed by atoms with E-state index in [0.29, 0.717) is 17.0 Å². The zero-order valence-electron chi connectivity index (χ0n) is 10.6. The zero-order valence-corrected chi connectivity index (χ0v) is 11.4. The number of rotatable bonds is 4. The van der Waals surface area contributed by atoms with E-state index in [2.05, 4.69) is 0 Å². The molecule has 1 N–H and O–H groups in total. The molecular formula is C16H15ClO2. The summed E-state index contributed by atoms with van der Waals surface area (Å²) in [7, 11) is 0. The fraction of sp³-hybridized carbons (Fsp3) is 0.188. The van der Waals surface area contributed by atoms with Gasteiger partial charge in [-0.25, -0.2) is 0 Å². The van der Waals surface area contributed by atoms with Gasteiger partial charge in [0.2, 0.25) is 0 Å². The monoisotopic (exact) mass is 274 g/mol. The summed E-state index contributed by atoms with van der Waals surface area (Å²) < 4.78 is 0. The Hall–Kier alpha value is -1.80. The van der Waals surface area contributed by atoms with Crippen LogP contribution in [0.15, 0.2) is 48.5 Å². The summed E-state index contributed by atoms with van der Waals surface area (Å²) in [6.07, 6.45) is 0.444. The fourth-order valence-corrected chi connectivity index (χ4v) is 2.32. The Morgan fingerprint density at radius 2 is 1.79 bits per heavy atom. The summed E-state index contributed by atoms with van der Waals surface area (Å²) in [5, 5.41) is 9.91. The highest BCUT2D eigenvalue weighted by atomic mass is 35.5. The van der Waals surface area contributed by atoms with Crippen LogP contribution < -0.4 is 0 Å². The molecule has 2 aromatic rings. The minimum atomic E-state index is -0.853. The first kappa shape index (κ1) is 13.6. The SMILES string of the molecule is Cc1ccc(CC(C(=O)O)c2ccccc2Cl)cc1. The number of hydrogen-bond donors (Lipinski definition) is 1. The van der Waals surface area contributed by atoms with Gasteiger partial charge >= 0.3 is 5.97 Å². The second-order valence-electron chi connectivity index (χ2n) is 4.60. The van der Waals surface area contributed by atoms with Crippen LogP contribution in [-0.2, 0) is 11.2 Å². The Morgan fingerprint density at radius 1 is 1.16 bits per heavy atom. The fourth-order valence-electron chi connectivity index (χ4n) is 2.05. The van der Waals surface area contributed by atoms with E-state index in [4.69, 9.17) is 11.6 Å². The Labute approximate surface area is 117 Å². The maximum absolute atomic E-state index is 11.5. The van der Waals surface area contributed by atoms with Crippen LogP contribution in [0, 0.1) is 6.92 Å². The summed E-state index contributed by atoms with van der Waals surface area (Å²) in [4.78, 5) is 11.5. The number of benzene rings is 2. The van der Waals surface area contributed by atoms with E-state index in [1.165, 1.54) is 0 Å². The highest BCUT2D eigenvalue weighted by molar-refractivity contribution is 6.31. The summed E-state index contributed by atoms with van der Waals surface area (Å²) in [6, 6.07) is 15.0. The molecule has 0 aliphatic rings. The van der Waals surface area contributed by atoms with Crippen LogP contribution in [0.1, 0.15) is 22.6 Å². The molecule has 0 bridgehead atoms. The summed E-state index contributed by atoms with van der Waals surface area (Å²) >= 11 is 6.09. The van der Waals surface area contributed by atoms with Crippen molar-refractivity contribution in [2.24, 2.45) is 0 Å². The molecule has 0 spiro atoms. The molecular weight excluding hydrogens is 260 g/mol. The molecule has 2 aromatic carbocycles. The first-order valence-electron chi connectivity index (χ1n) is 6.10. The lowest BCUT2D eigenvalue weighted by molar-refractivity contribution is -0.138. The lowest BCUT2D eigenvalue weighted by atomic mass is 9.92. The van der Waals surface area contributed by atoms with Gasteiger partial charge < -0.3 is 5.11 Å². The van der Waals surface area contributed by atoms with Crippen molar-refractivity contribution in [3.05, 3.63) is 70.2 Å². The topological polar surface area (TPSA) is 37.3 Å². The normalized spacial score (nSPS) is 12.1. The zero-order chi connectivity index (χ0) is 13.8. The Kier molecular flexibility index (Phi) is 4.23. The molecule has 0 aliphatic carbocycles. The molecule has 1 unspecified atom stereocenters. The van der Waals surface area contributed by atoms with Crippen LogP contribution in [0.4, 0.5) is 0 Å². The van der Waals surface area contributed by atoms with Crippen LogP contribution >= 0.6 is 11.6 Å². The molecule has 0 aromatic heterocycles. The highest BCUT2D eigenvalue weighted by Crippen LogP contribution is 2.27. The predicted molar refractivity (Wildman–Crippen MR) is 76.7 cm³/mol. The standard InChI is InChI=1S/C16H15ClO2/c1-11-6-8-12(9-7-11)10-14(16(18)19)13-4-2-3-5-15(13)17/h2-9,14H,10H2,1H3,(H,18,19). The van der Waals surface area contributed by atoms with Crippen molar-refractivity contribution in [3.8, 4) is 0 Å². The number of hydrogen-bond acceptors (Lipinski definition) is 1. The number of aliphatic carboxylic acids is 1. The predicted octanol–water partition coefficient (Wildman–Crippen LogP) is 4.06. The van der Waals surface area contributed by atoms with Gasteiger partial charge in [-0.1, -0.05) is 59.6 Å². The maximum atomic E-state index is 11.5. The van der Waals surface area contributed by atoms with E-state index < -0.39 is 11.9 Å². The minimum Gasteiger partial charge on any atom is -0.481 e. The molecule has 19 heavy (non-hydrogen) atoms. The van der Waals surface area contributed by atoms with Crippen LogP contribution in [0.3, 0.4) is 0 Å². The third-order valence-electron chi connectivity index (χ3n) is 3.14. The van der Waals surface area contributed by atoms with E-state index in [9.17, 15) is 9.90 Å². The van der Waals surface area contributed by atoms with E-state index in [0.717, 1.165) is 11.1 Å². The van der Waals surface area contributed by atoms with Crippen LogP contribution in [-0.4, -0.2) is 11.1 Å². The first-order valence-corrected chi connectivity index (χ1v) is 6.48. The van der Waals surface area contributed by atoms with Gasteiger partial charge in [-0.2, -0.15) is 0 Å². The van der Waals surface area contributed by atoms with Crippen molar-refractivity contribution < 1.29 is 9.90 Å². The average Bonchev–Trinajstić information content (AvgIpc) is 2.39. The second-order valence-corrected chi connectivity index (χ2v) is 5.01. The Balaban J connectivity index is 2.29. The van der Waals surface area contributed by atoms with Crippen molar-refractivity contribution in [1.29, 1.82) is 0 Å². The van der Waals surface area contributed by atoms with Crippen LogP contribution in [0.2, 0.25) is 5.02 Å². The average molecular weight is 275 g/mol. The molecule has 1 atom stereocenters. The van der Waals surface area contributed by atoms with Gasteiger partial charge in [0.05, 0.1) is 5.92 Å². The van der Waals surface area contributed by atoms with E-state index in [1.807, 2.05) is 37.3 Å². The number of carbonyl (C=O) groups is 1. The number of halogens is 1. The van der Waals surface area contributed by atoms with Gasteiger partial charge in [0, 0.05) is 5.02 Å². The third-order valence-corrected chi connectivity index (χ3v) is 3.48. The maximum Gasteiger partial charge on any atom is 0.311 e. The van der Waals surface area contributed by atoms with Crippen LogP contribution in [0.25, 0.3) is 0 Å². The molecule has 0 aliphatic heterocycles. The lowest BCUT2D eigenvalue weighted by Gasteiger charge is -2.14. The molecule has 2 rings (SSSR count). The highest BCUT2D eigenvalue weighted by Gasteiger charge is 2.22. The van der Waals surface area contributed by atoms with Gasteiger partial charge in [-0.3, -0.25) is 4.79 Å². The van der Waals surface area contributed by atoms with Gasteiger partial charge in [0.25, 0.3) is 0 Å². The van der Waals surface area contributed by atoms with Crippen molar-refractivity contribution in [2.45, 2.75) is 19.3 Å². The minimum absolute atomic E-state index is 0.444. The summed E-state index contributed by atoms with van der Waals surface area (Å²) in [5.74, 6) is -1.47. The van der Waals surface area contributed by atoms with E-state index in [-0.39, 0.29) is 0 Å². The molecule has 0 saturated heterocycles. The molecule has 0 saturated carbocycles. The number of carboxylic acid groups (broad SMARTS) is 1. The lowest BCUT2D eigenvalue weighted by Crippen LogP contribution is -2.14. The smallest absolute Gasteiger partial charge is 0.311 e. The number of aryl methyl sites for hydroxylation is 1. The molecule has 2 nitrogen and oxygen atoms in total. The first-order chi connectivity index (χ1) is 9.08. The van der Waals surface area contributed by atoms with Gasteiger partial charge in [-0.05, 0) is 30.5 Å². The van der Waals surface area contributed by atoms with Crippen molar-refractivity contribution in [3.63, 3.8) is 0 Å². The number of carboxylic acids is 1. The molecule has 0 fully saturated rings. The molecule has 98 valence electrons. The largest absolute Gasteiger partial charge is 0.481 e. The second kappa shape index (κ2) is 5.89. The van der Waals surface area contributed by atoms with Crippen molar-refractivity contribution in [1.82, 2.24) is 0 Å². The Bertz CT molecular complexity index is 576. The van der Waals surface area contributed by atoms with Crippen molar-refractivity contribution >= 4 is 17.6 Å². The van der Waals surface area contributed by atoms with Gasteiger partial charge in [-0.15, -0.1) is 0 Å². The van der Waals surface area contributed by atoms with Gasteiger partial charge in [0.15, 0.2) is 0 Å². The quantitative estimate of drug-likeness (QED) is 0.913. The third kappa shape index (κ3) is 3.36. The van der Waals surface area contributed by atoms with E-state index >= 15 is 0 Å². The summed E-state index contributed by atoms with van der Waals surface area (Å²) in [5.41, 5.74) is 2.82. The van der Waals surface area contributed by atoms with E-state index in [1.54, 1.807) is 18.2 Å². The molecule has 3 heteroatoms. The molecule has 0 radical (unpaired) electrons.